The monoisotopic (exact) mass is 287 g/mol. The summed E-state index contributed by atoms with van der Waals surface area (Å²) >= 11 is 0. The molecule has 1 aliphatic carbocycles. The van der Waals surface area contributed by atoms with E-state index in [9.17, 15) is 0 Å². The van der Waals surface area contributed by atoms with Gasteiger partial charge in [0.2, 0.25) is 0 Å². The molecule has 112 valence electrons. The number of nitrogens with zero attached hydrogens (tertiary/aromatic N) is 3. The molecule has 5 heteroatoms. The Morgan fingerprint density at radius 3 is 2.76 bits per heavy atom. The maximum Gasteiger partial charge on any atom is 0.168 e. The van der Waals surface area contributed by atoms with Crippen molar-refractivity contribution < 1.29 is 9.47 Å². The normalized spacial score (nSPS) is 21.8. The molecule has 1 saturated carbocycles. The van der Waals surface area contributed by atoms with Crippen LogP contribution >= 0.6 is 0 Å². The number of rotatable bonds is 3. The molecule has 1 saturated heterocycles. The highest BCUT2D eigenvalue weighted by molar-refractivity contribution is 5.30. The number of hydrogen-bond acceptors (Lipinski definition) is 5. The standard InChI is InChI=1S/C16H21N3O2/c1-19(12-13-3-2-8-18-15(13)11-17)14-4-6-16(7-5-14)20-9-10-21-16/h2-3,8,14H,4-7,9-10,12H2,1H3. The number of nitriles is 1. The molecule has 0 N–H and O–H groups in total. The zero-order valence-corrected chi connectivity index (χ0v) is 12.4. The van der Waals surface area contributed by atoms with E-state index >= 15 is 0 Å². The van der Waals surface area contributed by atoms with Crippen LogP contribution in [-0.2, 0) is 16.0 Å². The maximum absolute atomic E-state index is 9.12. The Labute approximate surface area is 125 Å². The minimum Gasteiger partial charge on any atom is -0.348 e. The first-order chi connectivity index (χ1) is 10.2. The molecule has 1 aliphatic heterocycles. The average molecular weight is 287 g/mol. The first-order valence-corrected chi connectivity index (χ1v) is 7.55. The van der Waals surface area contributed by atoms with Gasteiger partial charge in [-0.25, -0.2) is 4.98 Å². The number of ether oxygens (including phenoxy) is 2. The molecule has 1 aromatic heterocycles. The van der Waals surface area contributed by atoms with E-state index in [2.05, 4.69) is 23.0 Å². The Bertz CT molecular complexity index is 525. The van der Waals surface area contributed by atoms with Crippen LogP contribution in [0, 0.1) is 11.3 Å². The van der Waals surface area contributed by atoms with Gasteiger partial charge >= 0.3 is 0 Å². The number of hydrogen-bond donors (Lipinski definition) is 0. The zero-order valence-electron chi connectivity index (χ0n) is 12.4. The van der Waals surface area contributed by atoms with Gasteiger partial charge in [0.25, 0.3) is 0 Å². The molecule has 1 aromatic rings. The van der Waals surface area contributed by atoms with E-state index in [1.54, 1.807) is 6.20 Å². The van der Waals surface area contributed by atoms with Crippen molar-refractivity contribution in [1.82, 2.24) is 9.88 Å². The largest absolute Gasteiger partial charge is 0.348 e. The van der Waals surface area contributed by atoms with E-state index in [4.69, 9.17) is 14.7 Å². The lowest BCUT2D eigenvalue weighted by atomic mass is 9.89. The lowest BCUT2D eigenvalue weighted by molar-refractivity contribution is -0.183. The Hall–Kier alpha value is -1.48. The summed E-state index contributed by atoms with van der Waals surface area (Å²) in [6.45, 7) is 2.21. The summed E-state index contributed by atoms with van der Waals surface area (Å²) in [6.07, 6.45) is 5.72. The van der Waals surface area contributed by atoms with Crippen molar-refractivity contribution in [2.75, 3.05) is 20.3 Å². The van der Waals surface area contributed by atoms with Gasteiger partial charge in [0, 0.05) is 37.2 Å². The van der Waals surface area contributed by atoms with Crippen molar-refractivity contribution in [2.45, 2.75) is 44.1 Å². The molecule has 0 aromatic carbocycles. The van der Waals surface area contributed by atoms with E-state index in [1.807, 2.05) is 12.1 Å². The summed E-state index contributed by atoms with van der Waals surface area (Å²) in [4.78, 5) is 6.44. The number of pyridine rings is 1. The second-order valence-electron chi connectivity index (χ2n) is 5.88. The number of aromatic nitrogens is 1. The fourth-order valence-corrected chi connectivity index (χ4v) is 3.33. The second-order valence-corrected chi connectivity index (χ2v) is 5.88. The SMILES string of the molecule is CN(Cc1cccnc1C#N)C1CCC2(CC1)OCCO2. The van der Waals surface area contributed by atoms with Crippen LogP contribution in [0.25, 0.3) is 0 Å². The fraction of sp³-hybridized carbons (Fsp3) is 0.625. The predicted molar refractivity (Wildman–Crippen MR) is 77.3 cm³/mol. The van der Waals surface area contributed by atoms with Gasteiger partial charge in [0.1, 0.15) is 11.8 Å². The molecule has 0 radical (unpaired) electrons. The van der Waals surface area contributed by atoms with E-state index in [1.165, 1.54) is 0 Å². The third kappa shape index (κ3) is 3.08. The molecule has 2 aliphatic rings. The van der Waals surface area contributed by atoms with Gasteiger partial charge in [0.05, 0.1) is 13.2 Å². The highest BCUT2D eigenvalue weighted by Crippen LogP contribution is 2.37. The second kappa shape index (κ2) is 6.10. The van der Waals surface area contributed by atoms with Crippen molar-refractivity contribution in [3.63, 3.8) is 0 Å². The van der Waals surface area contributed by atoms with Crippen molar-refractivity contribution in [3.05, 3.63) is 29.6 Å². The van der Waals surface area contributed by atoms with Gasteiger partial charge < -0.3 is 9.47 Å². The van der Waals surface area contributed by atoms with Crippen LogP contribution < -0.4 is 0 Å². The first-order valence-electron chi connectivity index (χ1n) is 7.55. The van der Waals surface area contributed by atoms with Crippen LogP contribution in [0.1, 0.15) is 36.9 Å². The molecule has 0 amide bonds. The highest BCUT2D eigenvalue weighted by atomic mass is 16.7. The molecule has 5 nitrogen and oxygen atoms in total. The van der Waals surface area contributed by atoms with Crippen LogP contribution in [0.5, 0.6) is 0 Å². The third-order valence-electron chi connectivity index (χ3n) is 4.57. The lowest BCUT2D eigenvalue weighted by Crippen LogP contribution is -2.42. The summed E-state index contributed by atoms with van der Waals surface area (Å²) in [5, 5.41) is 9.12. The van der Waals surface area contributed by atoms with Crippen LogP contribution in [0.3, 0.4) is 0 Å². The van der Waals surface area contributed by atoms with Gasteiger partial charge in [-0.05, 0) is 26.0 Å². The molecule has 0 unspecified atom stereocenters. The zero-order chi connectivity index (χ0) is 14.7. The van der Waals surface area contributed by atoms with Crippen LogP contribution in [0.4, 0.5) is 0 Å². The fourth-order valence-electron chi connectivity index (χ4n) is 3.33. The maximum atomic E-state index is 9.12. The van der Waals surface area contributed by atoms with Gasteiger partial charge in [-0.2, -0.15) is 5.26 Å². The van der Waals surface area contributed by atoms with Crippen molar-refractivity contribution in [2.24, 2.45) is 0 Å². The van der Waals surface area contributed by atoms with Gasteiger partial charge in [-0.15, -0.1) is 0 Å². The van der Waals surface area contributed by atoms with Gasteiger partial charge in [-0.1, -0.05) is 6.07 Å². The molecule has 1 spiro atoms. The summed E-state index contributed by atoms with van der Waals surface area (Å²) in [5.41, 5.74) is 1.52. The quantitative estimate of drug-likeness (QED) is 0.852. The Morgan fingerprint density at radius 1 is 1.38 bits per heavy atom. The van der Waals surface area contributed by atoms with Crippen molar-refractivity contribution >= 4 is 0 Å². The molecule has 0 atom stereocenters. The molecule has 2 heterocycles. The molecular weight excluding hydrogens is 266 g/mol. The van der Waals surface area contributed by atoms with Gasteiger partial charge in [-0.3, -0.25) is 4.90 Å². The molecule has 0 bridgehead atoms. The first kappa shape index (κ1) is 14.5. The lowest BCUT2D eigenvalue weighted by Gasteiger charge is -2.39. The Balaban J connectivity index is 1.59. The minimum atomic E-state index is -0.302. The third-order valence-corrected chi connectivity index (χ3v) is 4.57. The van der Waals surface area contributed by atoms with E-state index < -0.39 is 0 Å². The summed E-state index contributed by atoms with van der Waals surface area (Å²) in [7, 11) is 2.12. The Kier molecular flexibility index (Phi) is 4.20. The van der Waals surface area contributed by atoms with E-state index in [-0.39, 0.29) is 5.79 Å². The topological polar surface area (TPSA) is 58.4 Å². The van der Waals surface area contributed by atoms with Crippen molar-refractivity contribution in [1.29, 1.82) is 5.26 Å². The average Bonchev–Trinajstić information content (AvgIpc) is 2.96. The molecule has 21 heavy (non-hydrogen) atoms. The van der Waals surface area contributed by atoms with Crippen LogP contribution in [-0.4, -0.2) is 42.0 Å². The summed E-state index contributed by atoms with van der Waals surface area (Å²) in [5.74, 6) is -0.302. The molecule has 2 fully saturated rings. The van der Waals surface area contributed by atoms with Crippen molar-refractivity contribution in [3.8, 4) is 6.07 Å². The van der Waals surface area contributed by atoms with Gasteiger partial charge in [0.15, 0.2) is 5.79 Å². The molecular formula is C16H21N3O2. The minimum absolute atomic E-state index is 0.302. The smallest absolute Gasteiger partial charge is 0.168 e. The van der Waals surface area contributed by atoms with Crippen LogP contribution in [0.15, 0.2) is 18.3 Å². The summed E-state index contributed by atoms with van der Waals surface area (Å²) in [6, 6.07) is 6.55. The van der Waals surface area contributed by atoms with E-state index in [0.717, 1.165) is 51.0 Å². The predicted octanol–water partition coefficient (Wildman–Crippen LogP) is 2.07. The Morgan fingerprint density at radius 2 is 2.10 bits per heavy atom. The van der Waals surface area contributed by atoms with E-state index in [0.29, 0.717) is 11.7 Å². The highest BCUT2D eigenvalue weighted by Gasteiger charge is 2.41. The molecule has 3 rings (SSSR count). The van der Waals surface area contributed by atoms with Crippen LogP contribution in [0.2, 0.25) is 0 Å². The summed E-state index contributed by atoms with van der Waals surface area (Å²) < 4.78 is 11.5.